The average Bonchev–Trinajstić information content (AvgIpc) is 2.76. The molecule has 2 rings (SSSR count). The van der Waals surface area contributed by atoms with Crippen LogP contribution in [0.1, 0.15) is 35.1 Å². The number of Topliss-reactive ketones (excluding diaryl/α,β-unsaturated/α-hetero) is 1. The summed E-state index contributed by atoms with van der Waals surface area (Å²) < 4.78 is 0.797. The van der Waals surface area contributed by atoms with Gasteiger partial charge in [-0.2, -0.15) is 0 Å². The van der Waals surface area contributed by atoms with E-state index in [1.807, 2.05) is 36.4 Å². The molecule has 1 unspecified atom stereocenters. The van der Waals surface area contributed by atoms with Gasteiger partial charge < -0.3 is 5.32 Å². The minimum atomic E-state index is 0.0830. The molecule has 1 atom stereocenters. The van der Waals surface area contributed by atoms with Gasteiger partial charge in [0, 0.05) is 16.1 Å². The Morgan fingerprint density at radius 1 is 1.22 bits per heavy atom. The van der Waals surface area contributed by atoms with Crippen LogP contribution < -0.4 is 5.32 Å². The molecule has 0 aliphatic rings. The van der Waals surface area contributed by atoms with Gasteiger partial charge in [0.2, 0.25) is 0 Å². The Morgan fingerprint density at radius 2 is 1.89 bits per heavy atom. The fourth-order valence-corrected chi connectivity index (χ4v) is 2.75. The highest BCUT2D eigenvalue weighted by molar-refractivity contribution is 7.16. The zero-order valence-corrected chi connectivity index (χ0v) is 11.8. The van der Waals surface area contributed by atoms with Crippen LogP contribution in [0.25, 0.3) is 0 Å². The molecule has 94 valence electrons. The molecule has 1 aromatic carbocycles. The smallest absolute Gasteiger partial charge is 0.159 e. The van der Waals surface area contributed by atoms with Gasteiger partial charge in [0.15, 0.2) is 5.78 Å². The van der Waals surface area contributed by atoms with Crippen LogP contribution in [0.4, 0.5) is 5.69 Å². The molecule has 2 aromatic rings. The summed E-state index contributed by atoms with van der Waals surface area (Å²) >= 11 is 7.49. The van der Waals surface area contributed by atoms with Gasteiger partial charge in [-0.1, -0.05) is 11.6 Å². The lowest BCUT2D eigenvalue weighted by Gasteiger charge is -2.13. The first-order chi connectivity index (χ1) is 8.56. The van der Waals surface area contributed by atoms with Crippen LogP contribution in [0.5, 0.6) is 0 Å². The van der Waals surface area contributed by atoms with Crippen LogP contribution in [0, 0.1) is 0 Å². The van der Waals surface area contributed by atoms with E-state index in [-0.39, 0.29) is 11.8 Å². The van der Waals surface area contributed by atoms with E-state index in [0.29, 0.717) is 0 Å². The van der Waals surface area contributed by atoms with Crippen molar-refractivity contribution in [2.45, 2.75) is 19.9 Å². The van der Waals surface area contributed by atoms with Crippen molar-refractivity contribution in [2.24, 2.45) is 0 Å². The number of benzene rings is 1. The molecule has 0 aliphatic heterocycles. The maximum atomic E-state index is 11.2. The SMILES string of the molecule is CC(=O)c1ccc(NC(C)c2ccc(Cl)s2)cc1. The van der Waals surface area contributed by atoms with E-state index in [0.717, 1.165) is 15.6 Å². The maximum Gasteiger partial charge on any atom is 0.159 e. The molecule has 0 radical (unpaired) electrons. The Bertz CT molecular complexity index is 547. The highest BCUT2D eigenvalue weighted by atomic mass is 35.5. The first kappa shape index (κ1) is 13.1. The Labute approximate surface area is 116 Å². The number of rotatable bonds is 4. The monoisotopic (exact) mass is 279 g/mol. The standard InChI is InChI=1S/C14H14ClNOS/c1-9(13-7-8-14(15)18-13)16-12-5-3-11(4-6-12)10(2)17/h3-9,16H,1-2H3. The van der Waals surface area contributed by atoms with Gasteiger partial charge in [0.1, 0.15) is 0 Å². The Balaban J connectivity index is 2.07. The predicted octanol–water partition coefficient (Wildman–Crippen LogP) is 4.78. The molecule has 2 nitrogen and oxygen atoms in total. The number of carbonyl (C=O) groups excluding carboxylic acids is 1. The molecule has 0 fully saturated rings. The molecule has 0 amide bonds. The molecular weight excluding hydrogens is 266 g/mol. The predicted molar refractivity (Wildman–Crippen MR) is 77.8 cm³/mol. The summed E-state index contributed by atoms with van der Waals surface area (Å²) in [5, 5.41) is 3.38. The van der Waals surface area contributed by atoms with Crippen LogP contribution in [-0.4, -0.2) is 5.78 Å². The number of anilines is 1. The van der Waals surface area contributed by atoms with Crippen LogP contribution in [-0.2, 0) is 0 Å². The molecule has 4 heteroatoms. The average molecular weight is 280 g/mol. The van der Waals surface area contributed by atoms with E-state index < -0.39 is 0 Å². The van der Waals surface area contributed by atoms with Gasteiger partial charge in [-0.05, 0) is 50.2 Å². The van der Waals surface area contributed by atoms with Gasteiger partial charge in [-0.15, -0.1) is 11.3 Å². The number of hydrogen-bond acceptors (Lipinski definition) is 3. The van der Waals surface area contributed by atoms with E-state index in [1.54, 1.807) is 18.3 Å². The summed E-state index contributed by atoms with van der Waals surface area (Å²) in [5.74, 6) is 0.0830. The second-order valence-corrected chi connectivity index (χ2v) is 5.89. The third kappa shape index (κ3) is 3.12. The van der Waals surface area contributed by atoms with Gasteiger partial charge in [0.25, 0.3) is 0 Å². The van der Waals surface area contributed by atoms with Crippen molar-refractivity contribution in [1.82, 2.24) is 0 Å². The quantitative estimate of drug-likeness (QED) is 0.816. The lowest BCUT2D eigenvalue weighted by Crippen LogP contribution is -2.04. The fraction of sp³-hybridized carbons (Fsp3) is 0.214. The Hall–Kier alpha value is -1.32. The number of thiophene rings is 1. The van der Waals surface area contributed by atoms with Gasteiger partial charge in [-0.25, -0.2) is 0 Å². The lowest BCUT2D eigenvalue weighted by molar-refractivity contribution is 0.101. The van der Waals surface area contributed by atoms with Gasteiger partial charge >= 0.3 is 0 Å². The number of ketones is 1. The third-order valence-corrected chi connectivity index (χ3v) is 4.11. The van der Waals surface area contributed by atoms with Crippen molar-refractivity contribution in [1.29, 1.82) is 0 Å². The van der Waals surface area contributed by atoms with Crippen LogP contribution in [0.3, 0.4) is 0 Å². The first-order valence-electron chi connectivity index (χ1n) is 5.69. The minimum Gasteiger partial charge on any atom is -0.378 e. The van der Waals surface area contributed by atoms with Crippen molar-refractivity contribution >= 4 is 34.4 Å². The summed E-state index contributed by atoms with van der Waals surface area (Å²) in [7, 11) is 0. The summed E-state index contributed by atoms with van der Waals surface area (Å²) in [6.07, 6.45) is 0. The molecule has 18 heavy (non-hydrogen) atoms. The van der Waals surface area contributed by atoms with E-state index in [9.17, 15) is 4.79 Å². The van der Waals surface area contributed by atoms with Crippen molar-refractivity contribution < 1.29 is 4.79 Å². The van der Waals surface area contributed by atoms with E-state index in [2.05, 4.69) is 12.2 Å². The summed E-state index contributed by atoms with van der Waals surface area (Å²) in [4.78, 5) is 12.4. The summed E-state index contributed by atoms with van der Waals surface area (Å²) in [6, 6.07) is 11.6. The van der Waals surface area contributed by atoms with Gasteiger partial charge in [-0.3, -0.25) is 4.79 Å². The van der Waals surface area contributed by atoms with Crippen molar-refractivity contribution in [3.63, 3.8) is 0 Å². The van der Waals surface area contributed by atoms with Crippen LogP contribution in [0.2, 0.25) is 4.34 Å². The molecule has 1 N–H and O–H groups in total. The van der Waals surface area contributed by atoms with Crippen LogP contribution in [0.15, 0.2) is 36.4 Å². The largest absolute Gasteiger partial charge is 0.378 e. The summed E-state index contributed by atoms with van der Waals surface area (Å²) in [5.41, 5.74) is 1.73. The lowest BCUT2D eigenvalue weighted by atomic mass is 10.1. The Kier molecular flexibility index (Phi) is 4.04. The highest BCUT2D eigenvalue weighted by Gasteiger charge is 2.08. The number of nitrogens with one attached hydrogen (secondary N) is 1. The molecule has 1 heterocycles. The molecule has 0 bridgehead atoms. The molecule has 1 aromatic heterocycles. The number of halogens is 1. The molecule has 0 saturated heterocycles. The topological polar surface area (TPSA) is 29.1 Å². The third-order valence-electron chi connectivity index (χ3n) is 2.70. The zero-order valence-electron chi connectivity index (χ0n) is 10.2. The normalized spacial score (nSPS) is 12.2. The Morgan fingerprint density at radius 3 is 2.39 bits per heavy atom. The molecule has 0 aliphatic carbocycles. The number of hydrogen-bond donors (Lipinski definition) is 1. The van der Waals surface area contributed by atoms with Crippen molar-refractivity contribution in [3.8, 4) is 0 Å². The van der Waals surface area contributed by atoms with Gasteiger partial charge in [0.05, 0.1) is 10.4 Å². The molecule has 0 spiro atoms. The molecule has 0 saturated carbocycles. The zero-order chi connectivity index (χ0) is 13.1. The van der Waals surface area contributed by atoms with E-state index in [4.69, 9.17) is 11.6 Å². The summed E-state index contributed by atoms with van der Waals surface area (Å²) in [6.45, 7) is 3.65. The molecular formula is C14H14ClNOS. The van der Waals surface area contributed by atoms with Crippen molar-refractivity contribution in [2.75, 3.05) is 5.32 Å². The van der Waals surface area contributed by atoms with Crippen LogP contribution >= 0.6 is 22.9 Å². The fourth-order valence-electron chi connectivity index (χ4n) is 1.68. The van der Waals surface area contributed by atoms with E-state index in [1.165, 1.54) is 4.88 Å². The van der Waals surface area contributed by atoms with Crippen molar-refractivity contribution in [3.05, 3.63) is 51.2 Å². The second-order valence-electron chi connectivity index (χ2n) is 4.14. The number of carbonyl (C=O) groups is 1. The highest BCUT2D eigenvalue weighted by Crippen LogP contribution is 2.28. The second kappa shape index (κ2) is 5.55. The minimum absolute atomic E-state index is 0.0830. The van der Waals surface area contributed by atoms with E-state index >= 15 is 0 Å². The maximum absolute atomic E-state index is 11.2. The first-order valence-corrected chi connectivity index (χ1v) is 6.88.